The molecular formula is C20H37N5O8. The summed E-state index contributed by atoms with van der Waals surface area (Å²) in [7, 11) is 0. The Kier molecular flexibility index (Phi) is 13.9. The van der Waals surface area contributed by atoms with Gasteiger partial charge >= 0.3 is 11.9 Å². The summed E-state index contributed by atoms with van der Waals surface area (Å²) in [5, 5.41) is 34.9. The number of aliphatic hydroxyl groups excluding tert-OH is 1. The standard InChI is InChI=1S/C20H37N5O8/c1-4-10(2)15(22)18(30)25-16(11(3)26)19(31)23-12(7-5-6-8-21)17(29)24-13(20(32)33)9-14(27)28/h10-13,15-16,26H,4-9,21-22H2,1-3H3,(H,23,31)(H,24,29)(H,25,30)(H,27,28)(H,32,33). The van der Waals surface area contributed by atoms with Gasteiger partial charge in [-0.25, -0.2) is 4.79 Å². The first-order chi connectivity index (χ1) is 15.3. The molecule has 0 radical (unpaired) electrons. The van der Waals surface area contributed by atoms with Crippen molar-refractivity contribution in [3.05, 3.63) is 0 Å². The van der Waals surface area contributed by atoms with Crippen LogP contribution < -0.4 is 27.4 Å². The van der Waals surface area contributed by atoms with Crippen molar-refractivity contribution in [1.29, 1.82) is 0 Å². The lowest BCUT2D eigenvalue weighted by molar-refractivity contribution is -0.147. The third-order valence-corrected chi connectivity index (χ3v) is 5.20. The lowest BCUT2D eigenvalue weighted by atomic mass is 9.98. The fourth-order valence-electron chi connectivity index (χ4n) is 2.84. The van der Waals surface area contributed by atoms with Crippen LogP contribution in [0.4, 0.5) is 0 Å². The summed E-state index contributed by atoms with van der Waals surface area (Å²) in [6.45, 7) is 5.19. The molecule has 6 atom stereocenters. The lowest BCUT2D eigenvalue weighted by Crippen LogP contribution is -2.60. The number of amides is 3. The quantitative estimate of drug-likeness (QED) is 0.113. The van der Waals surface area contributed by atoms with Gasteiger partial charge in [-0.2, -0.15) is 0 Å². The fourth-order valence-corrected chi connectivity index (χ4v) is 2.84. The average molecular weight is 476 g/mol. The van der Waals surface area contributed by atoms with Crippen molar-refractivity contribution in [1.82, 2.24) is 16.0 Å². The van der Waals surface area contributed by atoms with E-state index >= 15 is 0 Å². The van der Waals surface area contributed by atoms with E-state index in [1.807, 2.05) is 6.92 Å². The van der Waals surface area contributed by atoms with Crippen LogP contribution in [0, 0.1) is 5.92 Å². The summed E-state index contributed by atoms with van der Waals surface area (Å²) in [4.78, 5) is 59.9. The highest BCUT2D eigenvalue weighted by molar-refractivity contribution is 5.94. The number of rotatable bonds is 16. The third-order valence-electron chi connectivity index (χ3n) is 5.20. The Hall–Kier alpha value is -2.77. The van der Waals surface area contributed by atoms with Crippen molar-refractivity contribution in [2.45, 2.75) is 83.1 Å². The van der Waals surface area contributed by atoms with Gasteiger partial charge in [0.15, 0.2) is 0 Å². The topological polar surface area (TPSA) is 234 Å². The van der Waals surface area contributed by atoms with Crippen LogP contribution in [0.25, 0.3) is 0 Å². The molecule has 0 saturated carbocycles. The first kappa shape index (κ1) is 30.2. The molecule has 0 fully saturated rings. The zero-order chi connectivity index (χ0) is 25.7. The number of carboxylic acids is 2. The van der Waals surface area contributed by atoms with Crippen molar-refractivity contribution in [3.63, 3.8) is 0 Å². The van der Waals surface area contributed by atoms with E-state index in [2.05, 4.69) is 16.0 Å². The molecule has 0 aromatic heterocycles. The smallest absolute Gasteiger partial charge is 0.326 e. The Bertz CT molecular complexity index is 687. The maximum absolute atomic E-state index is 12.8. The van der Waals surface area contributed by atoms with Gasteiger partial charge < -0.3 is 42.7 Å². The Morgan fingerprint density at radius 1 is 0.879 bits per heavy atom. The van der Waals surface area contributed by atoms with E-state index in [9.17, 15) is 29.1 Å². The molecule has 190 valence electrons. The summed E-state index contributed by atoms with van der Waals surface area (Å²) < 4.78 is 0. The van der Waals surface area contributed by atoms with Crippen LogP contribution in [0.3, 0.4) is 0 Å². The number of aliphatic hydroxyl groups is 1. The van der Waals surface area contributed by atoms with Gasteiger partial charge in [-0.05, 0) is 38.6 Å². The van der Waals surface area contributed by atoms with E-state index in [0.717, 1.165) is 0 Å². The summed E-state index contributed by atoms with van der Waals surface area (Å²) in [6, 6.07) is -5.29. The van der Waals surface area contributed by atoms with Gasteiger partial charge in [0, 0.05) is 0 Å². The molecular weight excluding hydrogens is 438 g/mol. The molecule has 0 heterocycles. The highest BCUT2D eigenvalue weighted by Gasteiger charge is 2.33. The van der Waals surface area contributed by atoms with Crippen molar-refractivity contribution in [2.75, 3.05) is 6.54 Å². The highest BCUT2D eigenvalue weighted by atomic mass is 16.4. The van der Waals surface area contributed by atoms with Crippen LogP contribution in [-0.2, 0) is 24.0 Å². The predicted octanol–water partition coefficient (Wildman–Crippen LogP) is -2.12. The van der Waals surface area contributed by atoms with E-state index in [1.54, 1.807) is 6.92 Å². The number of carbonyl (C=O) groups is 5. The minimum Gasteiger partial charge on any atom is -0.481 e. The van der Waals surface area contributed by atoms with Crippen LogP contribution >= 0.6 is 0 Å². The second-order valence-corrected chi connectivity index (χ2v) is 7.98. The molecule has 0 aliphatic carbocycles. The Morgan fingerprint density at radius 2 is 1.45 bits per heavy atom. The van der Waals surface area contributed by atoms with Crippen LogP contribution in [0.1, 0.15) is 52.9 Å². The molecule has 6 unspecified atom stereocenters. The zero-order valence-electron chi connectivity index (χ0n) is 19.2. The molecule has 0 aliphatic rings. The zero-order valence-corrected chi connectivity index (χ0v) is 19.2. The SMILES string of the molecule is CCC(C)C(N)C(=O)NC(C(=O)NC(CCCCN)C(=O)NC(CC(=O)O)C(=O)O)C(C)O. The largest absolute Gasteiger partial charge is 0.481 e. The van der Waals surface area contributed by atoms with Crippen LogP contribution in [0.5, 0.6) is 0 Å². The molecule has 13 heteroatoms. The lowest BCUT2D eigenvalue weighted by Gasteiger charge is -2.27. The molecule has 0 bridgehead atoms. The van der Waals surface area contributed by atoms with Gasteiger partial charge in [0.2, 0.25) is 17.7 Å². The molecule has 13 nitrogen and oxygen atoms in total. The molecule has 3 amide bonds. The number of nitrogens with one attached hydrogen (secondary N) is 3. The third kappa shape index (κ3) is 11.1. The first-order valence-electron chi connectivity index (χ1n) is 10.8. The van der Waals surface area contributed by atoms with Crippen molar-refractivity contribution < 1.29 is 39.3 Å². The number of hydrogen-bond acceptors (Lipinski definition) is 8. The van der Waals surface area contributed by atoms with Gasteiger partial charge in [0.05, 0.1) is 18.6 Å². The number of nitrogens with two attached hydrogens (primary N) is 2. The number of unbranched alkanes of at least 4 members (excludes halogenated alkanes) is 1. The Labute approximate surface area is 192 Å². The van der Waals surface area contributed by atoms with Gasteiger partial charge in [-0.1, -0.05) is 20.3 Å². The molecule has 10 N–H and O–H groups in total. The maximum atomic E-state index is 12.8. The van der Waals surface area contributed by atoms with Crippen LogP contribution in [0.15, 0.2) is 0 Å². The van der Waals surface area contributed by atoms with Gasteiger partial charge in [-0.15, -0.1) is 0 Å². The van der Waals surface area contributed by atoms with E-state index in [1.165, 1.54) is 6.92 Å². The molecule has 0 rings (SSSR count). The van der Waals surface area contributed by atoms with E-state index in [-0.39, 0.29) is 12.3 Å². The Morgan fingerprint density at radius 3 is 1.91 bits per heavy atom. The number of carbonyl (C=O) groups excluding carboxylic acids is 3. The second-order valence-electron chi connectivity index (χ2n) is 7.98. The fraction of sp³-hybridized carbons (Fsp3) is 0.750. The second kappa shape index (κ2) is 15.1. The predicted molar refractivity (Wildman–Crippen MR) is 118 cm³/mol. The first-order valence-corrected chi connectivity index (χ1v) is 10.8. The van der Waals surface area contributed by atoms with Crippen molar-refractivity contribution in [2.24, 2.45) is 17.4 Å². The molecule has 0 aliphatic heterocycles. The molecule has 0 saturated heterocycles. The normalized spacial score (nSPS) is 16.4. The Balaban J connectivity index is 5.49. The summed E-state index contributed by atoms with van der Waals surface area (Å²) in [5.74, 6) is -5.61. The summed E-state index contributed by atoms with van der Waals surface area (Å²) >= 11 is 0. The van der Waals surface area contributed by atoms with Crippen LogP contribution in [-0.4, -0.2) is 81.8 Å². The van der Waals surface area contributed by atoms with E-state index < -0.39 is 66.4 Å². The summed E-state index contributed by atoms with van der Waals surface area (Å²) in [5.41, 5.74) is 11.3. The van der Waals surface area contributed by atoms with Crippen molar-refractivity contribution >= 4 is 29.7 Å². The number of hydrogen-bond donors (Lipinski definition) is 8. The molecule has 0 spiro atoms. The van der Waals surface area contributed by atoms with E-state index in [4.69, 9.17) is 21.7 Å². The molecule has 0 aromatic carbocycles. The monoisotopic (exact) mass is 475 g/mol. The van der Waals surface area contributed by atoms with Crippen molar-refractivity contribution in [3.8, 4) is 0 Å². The summed E-state index contributed by atoms with van der Waals surface area (Å²) in [6.07, 6.45) is -0.589. The van der Waals surface area contributed by atoms with Gasteiger partial charge in [-0.3, -0.25) is 19.2 Å². The average Bonchev–Trinajstić information content (AvgIpc) is 2.74. The van der Waals surface area contributed by atoms with Gasteiger partial charge in [0.1, 0.15) is 18.1 Å². The maximum Gasteiger partial charge on any atom is 0.326 e. The number of carboxylic acid groups (broad SMARTS) is 2. The highest BCUT2D eigenvalue weighted by Crippen LogP contribution is 2.08. The molecule has 33 heavy (non-hydrogen) atoms. The minimum absolute atomic E-state index is 0.0705. The van der Waals surface area contributed by atoms with Crippen LogP contribution in [0.2, 0.25) is 0 Å². The van der Waals surface area contributed by atoms with Gasteiger partial charge in [0.25, 0.3) is 0 Å². The number of aliphatic carboxylic acids is 2. The van der Waals surface area contributed by atoms with E-state index in [0.29, 0.717) is 25.8 Å². The minimum atomic E-state index is -1.70. The molecule has 0 aromatic rings.